The summed E-state index contributed by atoms with van der Waals surface area (Å²) in [5, 5.41) is 4.37. The molecule has 9 rings (SSSR count). The van der Waals surface area contributed by atoms with Gasteiger partial charge in [-0.15, -0.1) is 0 Å². The maximum atomic E-state index is 15.2. The van der Waals surface area contributed by atoms with Crippen molar-refractivity contribution in [3.05, 3.63) is 170 Å². The first-order valence-electron chi connectivity index (χ1n) is 16.1. The first kappa shape index (κ1) is 29.0. The van der Waals surface area contributed by atoms with Gasteiger partial charge in [-0.25, -0.2) is 15.0 Å². The fourth-order valence-electron chi connectivity index (χ4n) is 6.50. The SMILES string of the molecule is O=P1(c2ccccc2)c2ccccc2Oc2ccc(-c3ccc4cc(-c5nc(-c6ccccc6)nc(-c6ccccc6)n5)ccc4c3)cc21. The number of rotatable bonds is 5. The third-order valence-corrected chi connectivity index (χ3v) is 12.1. The van der Waals surface area contributed by atoms with Gasteiger partial charge in [0.1, 0.15) is 11.5 Å². The summed E-state index contributed by atoms with van der Waals surface area (Å²) in [6.07, 6.45) is 0. The number of para-hydroxylation sites is 1. The van der Waals surface area contributed by atoms with Gasteiger partial charge in [0.15, 0.2) is 24.6 Å². The Bertz CT molecular complexity index is 2500. The molecule has 0 amide bonds. The van der Waals surface area contributed by atoms with Gasteiger partial charge >= 0.3 is 0 Å². The van der Waals surface area contributed by atoms with E-state index in [9.17, 15) is 0 Å². The second-order valence-corrected chi connectivity index (χ2v) is 14.7. The minimum atomic E-state index is -3.18. The molecule has 0 bridgehead atoms. The van der Waals surface area contributed by atoms with Crippen molar-refractivity contribution in [3.63, 3.8) is 0 Å². The van der Waals surface area contributed by atoms with E-state index in [1.165, 1.54) is 0 Å². The van der Waals surface area contributed by atoms with Crippen LogP contribution in [0.3, 0.4) is 0 Å². The van der Waals surface area contributed by atoms with Gasteiger partial charge in [-0.05, 0) is 58.3 Å². The first-order chi connectivity index (χ1) is 24.1. The third-order valence-electron chi connectivity index (χ3n) is 8.97. The summed E-state index contributed by atoms with van der Waals surface area (Å²) in [6.45, 7) is 0. The van der Waals surface area contributed by atoms with Crippen molar-refractivity contribution < 1.29 is 9.30 Å². The molecular weight excluding hydrogens is 621 g/mol. The molecule has 1 aromatic heterocycles. The van der Waals surface area contributed by atoms with E-state index in [1.807, 2.05) is 133 Å². The van der Waals surface area contributed by atoms with Crippen molar-refractivity contribution in [3.8, 4) is 56.8 Å². The zero-order chi connectivity index (χ0) is 32.8. The summed E-state index contributed by atoms with van der Waals surface area (Å²) in [4.78, 5) is 14.6. The highest BCUT2D eigenvalue weighted by molar-refractivity contribution is 7.85. The number of ether oxygens (including phenoxy) is 1. The minimum Gasteiger partial charge on any atom is -0.456 e. The lowest BCUT2D eigenvalue weighted by Crippen LogP contribution is -2.30. The third kappa shape index (κ3) is 5.12. The van der Waals surface area contributed by atoms with Gasteiger partial charge in [-0.3, -0.25) is 0 Å². The standard InChI is InChI=1S/C43H28N3O2P/c47-49(36-16-8-3-9-17-36)39-19-11-10-18-37(39)48-38-25-24-34(28-40(38)49)32-20-21-33-27-35(23-22-31(33)26-32)43-45-41(29-12-4-1-5-13-29)44-42(46-43)30-14-6-2-7-15-30/h1-28H. The lowest BCUT2D eigenvalue weighted by atomic mass is 9.99. The maximum Gasteiger partial charge on any atom is 0.178 e. The smallest absolute Gasteiger partial charge is 0.178 e. The van der Waals surface area contributed by atoms with Crippen LogP contribution in [0.2, 0.25) is 0 Å². The van der Waals surface area contributed by atoms with Gasteiger partial charge < -0.3 is 9.30 Å². The number of aromatic nitrogens is 3. The van der Waals surface area contributed by atoms with E-state index in [0.29, 0.717) is 34.3 Å². The van der Waals surface area contributed by atoms with Crippen LogP contribution >= 0.6 is 7.14 Å². The molecule has 0 spiro atoms. The summed E-state index contributed by atoms with van der Waals surface area (Å²) in [5.74, 6) is 3.15. The quantitative estimate of drug-likeness (QED) is 0.174. The minimum absolute atomic E-state index is 0.616. The average Bonchev–Trinajstić information content (AvgIpc) is 3.18. The van der Waals surface area contributed by atoms with Gasteiger partial charge in [0.05, 0.1) is 10.6 Å². The van der Waals surface area contributed by atoms with Crippen molar-refractivity contribution in [2.45, 2.75) is 0 Å². The van der Waals surface area contributed by atoms with Crippen molar-refractivity contribution >= 4 is 33.8 Å². The normalized spacial score (nSPS) is 14.9. The Kier molecular flexibility index (Phi) is 7.00. The van der Waals surface area contributed by atoms with E-state index in [-0.39, 0.29) is 0 Å². The van der Waals surface area contributed by atoms with Crippen LogP contribution in [-0.4, -0.2) is 15.0 Å². The van der Waals surface area contributed by atoms with Crippen LogP contribution in [0.25, 0.3) is 56.1 Å². The molecule has 5 nitrogen and oxygen atoms in total. The monoisotopic (exact) mass is 649 g/mol. The molecule has 0 saturated heterocycles. The molecule has 1 aliphatic heterocycles. The zero-order valence-corrected chi connectivity index (χ0v) is 27.2. The predicted molar refractivity (Wildman–Crippen MR) is 199 cm³/mol. The van der Waals surface area contributed by atoms with E-state index < -0.39 is 7.14 Å². The lowest BCUT2D eigenvalue weighted by molar-refractivity contribution is 0.485. The Labute approximate surface area is 284 Å². The molecular formula is C43H28N3O2P. The van der Waals surface area contributed by atoms with E-state index in [2.05, 4.69) is 36.4 Å². The van der Waals surface area contributed by atoms with E-state index in [1.54, 1.807) is 0 Å². The Balaban J connectivity index is 1.12. The Hall–Kier alpha value is -6.16. The molecule has 0 radical (unpaired) electrons. The zero-order valence-electron chi connectivity index (χ0n) is 26.3. The predicted octanol–water partition coefficient (Wildman–Crippen LogP) is 9.44. The number of hydrogen-bond donors (Lipinski definition) is 0. The lowest BCUT2D eigenvalue weighted by Gasteiger charge is -2.29. The summed E-state index contributed by atoms with van der Waals surface area (Å²) in [7, 11) is -3.18. The molecule has 8 aromatic rings. The van der Waals surface area contributed by atoms with Crippen LogP contribution in [0, 0.1) is 0 Å². The molecule has 6 heteroatoms. The highest BCUT2D eigenvalue weighted by atomic mass is 31.2. The maximum absolute atomic E-state index is 15.2. The van der Waals surface area contributed by atoms with Crippen molar-refractivity contribution in [1.82, 2.24) is 15.0 Å². The van der Waals surface area contributed by atoms with Crippen molar-refractivity contribution in [2.75, 3.05) is 0 Å². The van der Waals surface area contributed by atoms with Gasteiger partial charge in [0, 0.05) is 22.0 Å². The number of nitrogens with zero attached hydrogens (tertiary/aromatic N) is 3. The van der Waals surface area contributed by atoms with Crippen LogP contribution in [0.1, 0.15) is 0 Å². The second-order valence-electron chi connectivity index (χ2n) is 12.0. The molecule has 0 N–H and O–H groups in total. The summed E-state index contributed by atoms with van der Waals surface area (Å²) >= 11 is 0. The molecule has 0 saturated carbocycles. The van der Waals surface area contributed by atoms with Crippen LogP contribution < -0.4 is 20.7 Å². The van der Waals surface area contributed by atoms with Gasteiger partial charge in [-0.1, -0.05) is 133 Å². The molecule has 1 atom stereocenters. The molecule has 1 unspecified atom stereocenters. The Morgan fingerprint density at radius 3 is 1.51 bits per heavy atom. The fourth-order valence-corrected chi connectivity index (χ4v) is 9.39. The van der Waals surface area contributed by atoms with E-state index in [4.69, 9.17) is 19.7 Å². The average molecular weight is 650 g/mol. The molecule has 1 aliphatic rings. The molecule has 2 heterocycles. The van der Waals surface area contributed by atoms with Gasteiger partial charge in [-0.2, -0.15) is 0 Å². The summed E-state index contributed by atoms with van der Waals surface area (Å²) in [6, 6.07) is 56.1. The van der Waals surface area contributed by atoms with Crippen LogP contribution in [0.5, 0.6) is 11.5 Å². The van der Waals surface area contributed by atoms with Crippen molar-refractivity contribution in [2.24, 2.45) is 0 Å². The molecule has 7 aromatic carbocycles. The topological polar surface area (TPSA) is 65.0 Å². The van der Waals surface area contributed by atoms with Crippen LogP contribution in [0.15, 0.2) is 170 Å². The molecule has 49 heavy (non-hydrogen) atoms. The number of benzene rings is 7. The number of hydrogen-bond acceptors (Lipinski definition) is 5. The largest absolute Gasteiger partial charge is 0.456 e. The molecule has 232 valence electrons. The van der Waals surface area contributed by atoms with Crippen LogP contribution in [0.4, 0.5) is 0 Å². The number of fused-ring (bicyclic) bond motifs is 3. The van der Waals surface area contributed by atoms with Gasteiger partial charge in [0.2, 0.25) is 0 Å². The first-order valence-corrected chi connectivity index (χ1v) is 17.8. The second kappa shape index (κ2) is 11.8. The summed E-state index contributed by atoms with van der Waals surface area (Å²) in [5.41, 5.74) is 4.78. The van der Waals surface area contributed by atoms with Crippen molar-refractivity contribution in [1.29, 1.82) is 0 Å². The highest BCUT2D eigenvalue weighted by Crippen LogP contribution is 2.52. The van der Waals surface area contributed by atoms with Gasteiger partial charge in [0.25, 0.3) is 0 Å². The molecule has 0 fully saturated rings. The van der Waals surface area contributed by atoms with E-state index in [0.717, 1.165) is 49.2 Å². The fraction of sp³-hybridized carbons (Fsp3) is 0. The van der Waals surface area contributed by atoms with E-state index >= 15 is 4.57 Å². The van der Waals surface area contributed by atoms with Crippen LogP contribution in [-0.2, 0) is 4.57 Å². The summed E-state index contributed by atoms with van der Waals surface area (Å²) < 4.78 is 21.5. The Morgan fingerprint density at radius 1 is 0.388 bits per heavy atom. The Morgan fingerprint density at radius 2 is 0.857 bits per heavy atom. The molecule has 0 aliphatic carbocycles. The highest BCUT2D eigenvalue weighted by Gasteiger charge is 2.39.